The van der Waals surface area contributed by atoms with Gasteiger partial charge >= 0.3 is 19.3 Å². The Morgan fingerprint density at radius 3 is 2.71 bits per heavy atom. The highest BCUT2D eigenvalue weighted by Gasteiger charge is 2.17. The number of nitrogens with one attached hydrogen (secondary N) is 1. The minimum Gasteiger partial charge on any atom is -0.461 e. The second-order valence-corrected chi connectivity index (χ2v) is 7.74. The molecule has 0 aliphatic rings. The SMILES string of the molecule is COCCOc1nc(N)c2[nH]c(=O)n(Cc3cccc(CP(=O)(O)O)c3)c2n1. The second kappa shape index (κ2) is 8.11. The summed E-state index contributed by atoms with van der Waals surface area (Å²) in [6.07, 6.45) is -0.379. The lowest BCUT2D eigenvalue weighted by molar-refractivity contribution is 0.141. The van der Waals surface area contributed by atoms with Gasteiger partial charge < -0.3 is 30.0 Å². The molecule has 28 heavy (non-hydrogen) atoms. The number of H-pyrrole nitrogens is 1. The zero-order valence-corrected chi connectivity index (χ0v) is 15.9. The summed E-state index contributed by atoms with van der Waals surface area (Å²) in [5.74, 6) is 0.0727. The molecule has 3 aromatic rings. The molecule has 0 fully saturated rings. The van der Waals surface area contributed by atoms with Crippen molar-refractivity contribution in [2.75, 3.05) is 26.1 Å². The number of benzene rings is 1. The Morgan fingerprint density at radius 2 is 2.00 bits per heavy atom. The third-order valence-electron chi connectivity index (χ3n) is 3.87. The summed E-state index contributed by atoms with van der Waals surface area (Å²) >= 11 is 0. The molecule has 2 heterocycles. The van der Waals surface area contributed by atoms with Crippen LogP contribution in [0.15, 0.2) is 29.1 Å². The maximum Gasteiger partial charge on any atom is 0.329 e. The lowest BCUT2D eigenvalue weighted by Crippen LogP contribution is -2.18. The number of fused-ring (bicyclic) bond motifs is 1. The first kappa shape index (κ1) is 20.0. The third kappa shape index (κ3) is 4.76. The van der Waals surface area contributed by atoms with E-state index in [4.69, 9.17) is 25.0 Å². The normalized spacial score (nSPS) is 11.8. The molecule has 12 heteroatoms. The Hall–Kier alpha value is -2.72. The van der Waals surface area contributed by atoms with Gasteiger partial charge in [-0.3, -0.25) is 9.13 Å². The number of nitrogen functional groups attached to an aromatic ring is 1. The molecule has 0 saturated carbocycles. The van der Waals surface area contributed by atoms with Gasteiger partial charge in [0.2, 0.25) is 0 Å². The van der Waals surface area contributed by atoms with E-state index in [1.807, 2.05) is 0 Å². The van der Waals surface area contributed by atoms with E-state index in [1.54, 1.807) is 24.3 Å². The van der Waals surface area contributed by atoms with Crippen molar-refractivity contribution in [2.24, 2.45) is 0 Å². The number of methoxy groups -OCH3 is 1. The summed E-state index contributed by atoms with van der Waals surface area (Å²) in [5.41, 5.74) is 7.16. The largest absolute Gasteiger partial charge is 0.461 e. The highest BCUT2D eigenvalue weighted by atomic mass is 31.2. The number of ether oxygens (including phenoxy) is 2. The molecular formula is C16H20N5O6P. The minimum absolute atomic E-state index is 0.0186. The molecule has 0 aliphatic heterocycles. The average Bonchev–Trinajstić information content (AvgIpc) is 2.91. The van der Waals surface area contributed by atoms with Crippen molar-refractivity contribution in [2.45, 2.75) is 12.7 Å². The molecule has 0 atom stereocenters. The number of rotatable bonds is 8. The van der Waals surface area contributed by atoms with Crippen LogP contribution in [0.1, 0.15) is 11.1 Å². The van der Waals surface area contributed by atoms with E-state index in [0.717, 1.165) is 0 Å². The van der Waals surface area contributed by atoms with Crippen LogP contribution >= 0.6 is 7.60 Å². The summed E-state index contributed by atoms with van der Waals surface area (Å²) < 4.78 is 22.9. The van der Waals surface area contributed by atoms with E-state index >= 15 is 0 Å². The first-order valence-corrected chi connectivity index (χ1v) is 10.1. The van der Waals surface area contributed by atoms with Gasteiger partial charge in [0.25, 0.3) is 0 Å². The molecule has 0 bridgehead atoms. The molecular weight excluding hydrogens is 389 g/mol. The van der Waals surface area contributed by atoms with Gasteiger partial charge in [0.15, 0.2) is 11.5 Å². The molecule has 0 aliphatic carbocycles. The smallest absolute Gasteiger partial charge is 0.329 e. The van der Waals surface area contributed by atoms with Crippen LogP contribution in [0.5, 0.6) is 6.01 Å². The quantitative estimate of drug-likeness (QED) is 0.305. The van der Waals surface area contributed by atoms with Crippen molar-refractivity contribution >= 4 is 24.6 Å². The molecule has 0 saturated heterocycles. The van der Waals surface area contributed by atoms with E-state index in [0.29, 0.717) is 17.7 Å². The second-order valence-electron chi connectivity index (χ2n) is 6.09. The van der Waals surface area contributed by atoms with Crippen LogP contribution in [0.3, 0.4) is 0 Å². The van der Waals surface area contributed by atoms with Crippen LogP contribution in [-0.4, -0.2) is 49.6 Å². The standard InChI is InChI=1S/C16H20N5O6P/c1-26-5-6-27-15-19-13(17)12-14(20-15)21(16(22)18-12)8-10-3-2-4-11(7-10)9-28(23,24)25/h2-4,7H,5-6,8-9H2,1H3,(H,18,22)(H2,17,19,20)(H2,23,24,25). The van der Waals surface area contributed by atoms with Crippen molar-refractivity contribution in [3.63, 3.8) is 0 Å². The van der Waals surface area contributed by atoms with Gasteiger partial charge in [0, 0.05) is 7.11 Å². The number of aromatic amines is 1. The fourth-order valence-corrected chi connectivity index (χ4v) is 3.38. The predicted molar refractivity (Wildman–Crippen MR) is 101 cm³/mol. The van der Waals surface area contributed by atoms with Gasteiger partial charge in [-0.25, -0.2) is 4.79 Å². The molecule has 5 N–H and O–H groups in total. The van der Waals surface area contributed by atoms with E-state index in [-0.39, 0.29) is 42.3 Å². The number of anilines is 1. The van der Waals surface area contributed by atoms with Crippen LogP contribution in [-0.2, 0) is 22.0 Å². The van der Waals surface area contributed by atoms with Crippen molar-refractivity contribution in [1.29, 1.82) is 0 Å². The number of nitrogens with two attached hydrogens (primary N) is 1. The number of hydrogen-bond acceptors (Lipinski definition) is 7. The number of hydrogen-bond donors (Lipinski definition) is 4. The van der Waals surface area contributed by atoms with Gasteiger partial charge in [0.1, 0.15) is 12.1 Å². The molecule has 11 nitrogen and oxygen atoms in total. The van der Waals surface area contributed by atoms with Gasteiger partial charge in [-0.15, -0.1) is 0 Å². The Kier molecular flexibility index (Phi) is 5.80. The molecule has 1 aromatic carbocycles. The molecule has 2 aromatic heterocycles. The van der Waals surface area contributed by atoms with Crippen LogP contribution in [0.25, 0.3) is 11.2 Å². The summed E-state index contributed by atoms with van der Waals surface area (Å²) in [5, 5.41) is 0. The summed E-state index contributed by atoms with van der Waals surface area (Å²) in [7, 11) is -2.66. The fraction of sp³-hybridized carbons (Fsp3) is 0.312. The summed E-state index contributed by atoms with van der Waals surface area (Å²) in [4.78, 5) is 41.6. The molecule has 150 valence electrons. The lowest BCUT2D eigenvalue weighted by Gasteiger charge is -2.08. The zero-order valence-electron chi connectivity index (χ0n) is 15.0. The Bertz CT molecular complexity index is 1090. The van der Waals surface area contributed by atoms with Gasteiger partial charge in [0.05, 0.1) is 19.3 Å². The van der Waals surface area contributed by atoms with Crippen LogP contribution < -0.4 is 16.2 Å². The van der Waals surface area contributed by atoms with Crippen LogP contribution in [0.2, 0.25) is 0 Å². The lowest BCUT2D eigenvalue weighted by atomic mass is 10.1. The number of nitrogens with zero attached hydrogens (tertiary/aromatic N) is 3. The first-order chi connectivity index (χ1) is 13.3. The fourth-order valence-electron chi connectivity index (χ4n) is 2.71. The minimum atomic E-state index is -4.19. The van der Waals surface area contributed by atoms with E-state index in [9.17, 15) is 9.36 Å². The maximum atomic E-state index is 12.4. The van der Waals surface area contributed by atoms with Crippen molar-refractivity contribution in [3.05, 3.63) is 45.9 Å². The molecule has 0 unspecified atom stereocenters. The third-order valence-corrected chi connectivity index (χ3v) is 4.65. The molecule has 0 radical (unpaired) electrons. The van der Waals surface area contributed by atoms with E-state index in [2.05, 4.69) is 15.0 Å². The summed E-state index contributed by atoms with van der Waals surface area (Å²) in [6, 6.07) is 6.68. The van der Waals surface area contributed by atoms with Gasteiger partial charge in [-0.2, -0.15) is 9.97 Å². The highest BCUT2D eigenvalue weighted by molar-refractivity contribution is 7.50. The van der Waals surface area contributed by atoms with Gasteiger partial charge in [-0.05, 0) is 11.1 Å². The predicted octanol–water partition coefficient (Wildman–Crippen LogP) is 0.453. The number of aromatic nitrogens is 4. The van der Waals surface area contributed by atoms with E-state index in [1.165, 1.54) is 11.7 Å². The zero-order chi connectivity index (χ0) is 20.3. The first-order valence-electron chi connectivity index (χ1n) is 8.27. The Labute approximate surface area is 159 Å². The van der Waals surface area contributed by atoms with E-state index < -0.39 is 13.3 Å². The van der Waals surface area contributed by atoms with Crippen molar-refractivity contribution in [1.82, 2.24) is 19.5 Å². The monoisotopic (exact) mass is 409 g/mol. The average molecular weight is 409 g/mol. The maximum absolute atomic E-state index is 12.4. The van der Waals surface area contributed by atoms with Crippen molar-refractivity contribution in [3.8, 4) is 6.01 Å². The molecule has 0 spiro atoms. The highest BCUT2D eigenvalue weighted by Crippen LogP contribution is 2.39. The number of imidazole rings is 1. The van der Waals surface area contributed by atoms with Crippen LogP contribution in [0, 0.1) is 0 Å². The van der Waals surface area contributed by atoms with Crippen LogP contribution in [0.4, 0.5) is 5.82 Å². The summed E-state index contributed by atoms with van der Waals surface area (Å²) in [6.45, 7) is 0.690. The Balaban J connectivity index is 1.94. The van der Waals surface area contributed by atoms with Crippen molar-refractivity contribution < 1.29 is 23.8 Å². The topological polar surface area (TPSA) is 166 Å². The van der Waals surface area contributed by atoms with Gasteiger partial charge in [-0.1, -0.05) is 24.3 Å². The molecule has 3 rings (SSSR count). The Morgan fingerprint density at radius 1 is 1.25 bits per heavy atom. The molecule has 0 amide bonds.